The fraction of sp³-hybridized carbons (Fsp3) is 0.750. The molecule has 1 rings (SSSR count). The molecule has 1 amide bonds. The maximum absolute atomic E-state index is 11.5. The van der Waals surface area contributed by atoms with Gasteiger partial charge in [0.25, 0.3) is 0 Å². The Kier molecular flexibility index (Phi) is 5.20. The highest BCUT2D eigenvalue weighted by Crippen LogP contribution is 2.27. The molecular weight excluding hydrogens is 188 g/mol. The lowest BCUT2D eigenvalue weighted by molar-refractivity contribution is -0.122. The Bertz CT molecular complexity index is 238. The number of nitrogens with two attached hydrogens (primary N) is 1. The largest absolute Gasteiger partial charge is 0.352 e. The summed E-state index contributed by atoms with van der Waals surface area (Å²) in [5.41, 5.74) is 5.67. The van der Waals surface area contributed by atoms with Crippen molar-refractivity contribution in [2.75, 3.05) is 6.54 Å². The third kappa shape index (κ3) is 3.93. The molecule has 0 aromatic carbocycles. The highest BCUT2D eigenvalue weighted by Gasteiger charge is 2.24. The molecule has 0 heterocycles. The number of terminal acetylenes is 1. The van der Waals surface area contributed by atoms with Crippen molar-refractivity contribution < 1.29 is 4.79 Å². The first kappa shape index (κ1) is 12.1. The Labute approximate surface area is 91.8 Å². The third-order valence-electron chi connectivity index (χ3n) is 3.07. The van der Waals surface area contributed by atoms with Crippen LogP contribution >= 0.6 is 0 Å². The summed E-state index contributed by atoms with van der Waals surface area (Å²) in [5, 5.41) is 2.98. The first-order chi connectivity index (χ1) is 7.27. The van der Waals surface area contributed by atoms with E-state index in [-0.39, 0.29) is 11.9 Å². The Morgan fingerprint density at radius 2 is 2.20 bits per heavy atom. The fourth-order valence-corrected chi connectivity index (χ4v) is 2.19. The molecule has 1 aliphatic rings. The Balaban J connectivity index is 2.32. The molecule has 1 saturated carbocycles. The summed E-state index contributed by atoms with van der Waals surface area (Å²) < 4.78 is 0. The minimum absolute atomic E-state index is 0.0373. The predicted octanol–water partition coefficient (Wildman–Crippen LogP) is 1.03. The third-order valence-corrected chi connectivity index (χ3v) is 3.07. The lowest BCUT2D eigenvalue weighted by Gasteiger charge is -2.22. The van der Waals surface area contributed by atoms with E-state index < -0.39 is 0 Å². The molecule has 1 aliphatic carbocycles. The maximum Gasteiger partial charge on any atom is 0.221 e. The van der Waals surface area contributed by atoms with Crippen LogP contribution < -0.4 is 11.1 Å². The van der Waals surface area contributed by atoms with Gasteiger partial charge in [-0.1, -0.05) is 12.8 Å². The number of hydrogen-bond acceptors (Lipinski definition) is 2. The van der Waals surface area contributed by atoms with Crippen molar-refractivity contribution in [3.63, 3.8) is 0 Å². The van der Waals surface area contributed by atoms with E-state index in [0.717, 1.165) is 0 Å². The van der Waals surface area contributed by atoms with Crippen molar-refractivity contribution in [3.8, 4) is 12.3 Å². The summed E-state index contributed by atoms with van der Waals surface area (Å²) >= 11 is 0. The van der Waals surface area contributed by atoms with Crippen LogP contribution in [0.3, 0.4) is 0 Å². The van der Waals surface area contributed by atoms with Crippen LogP contribution in [0.4, 0.5) is 0 Å². The molecule has 1 fully saturated rings. The summed E-state index contributed by atoms with van der Waals surface area (Å²) in [4.78, 5) is 11.5. The van der Waals surface area contributed by atoms with Crippen LogP contribution in [-0.4, -0.2) is 18.5 Å². The van der Waals surface area contributed by atoms with E-state index in [1.807, 2.05) is 0 Å². The Morgan fingerprint density at radius 1 is 1.53 bits per heavy atom. The average Bonchev–Trinajstić information content (AvgIpc) is 2.76. The number of rotatable bonds is 5. The summed E-state index contributed by atoms with van der Waals surface area (Å²) in [6, 6.07) is 0.151. The smallest absolute Gasteiger partial charge is 0.221 e. The quantitative estimate of drug-likeness (QED) is 0.663. The van der Waals surface area contributed by atoms with Crippen molar-refractivity contribution in [2.45, 2.75) is 44.6 Å². The van der Waals surface area contributed by atoms with Crippen LogP contribution in [0.1, 0.15) is 38.5 Å². The predicted molar refractivity (Wildman–Crippen MR) is 61.0 cm³/mol. The molecule has 0 aromatic rings. The zero-order valence-electron chi connectivity index (χ0n) is 9.17. The summed E-state index contributed by atoms with van der Waals surface area (Å²) in [7, 11) is 0. The second-order valence-electron chi connectivity index (χ2n) is 4.16. The number of hydrogen-bond donors (Lipinski definition) is 2. The average molecular weight is 208 g/mol. The summed E-state index contributed by atoms with van der Waals surface area (Å²) in [5.74, 6) is 3.08. The van der Waals surface area contributed by atoms with Crippen LogP contribution in [0.25, 0.3) is 0 Å². The molecular formula is C12H20N2O. The molecule has 0 aromatic heterocycles. The monoisotopic (exact) mass is 208 g/mol. The van der Waals surface area contributed by atoms with Crippen LogP contribution in [0.2, 0.25) is 0 Å². The molecule has 1 atom stereocenters. The Hall–Kier alpha value is -1.01. The number of carbonyl (C=O) groups excluding carboxylic acids is 1. The van der Waals surface area contributed by atoms with Crippen molar-refractivity contribution in [3.05, 3.63) is 0 Å². The molecule has 1 unspecified atom stereocenters. The lowest BCUT2D eigenvalue weighted by atomic mass is 9.98. The molecule has 0 aliphatic heterocycles. The van der Waals surface area contributed by atoms with Gasteiger partial charge in [-0.3, -0.25) is 4.79 Å². The summed E-state index contributed by atoms with van der Waals surface area (Å²) in [6.45, 7) is 0.534. The van der Waals surface area contributed by atoms with Gasteiger partial charge < -0.3 is 11.1 Å². The van der Waals surface area contributed by atoms with E-state index in [0.29, 0.717) is 25.3 Å². The van der Waals surface area contributed by atoms with Gasteiger partial charge in [-0.15, -0.1) is 12.3 Å². The molecule has 3 heteroatoms. The highest BCUT2D eigenvalue weighted by molar-refractivity contribution is 5.76. The van der Waals surface area contributed by atoms with Crippen LogP contribution in [0.15, 0.2) is 0 Å². The molecule has 0 bridgehead atoms. The van der Waals surface area contributed by atoms with Gasteiger partial charge in [-0.25, -0.2) is 0 Å². The van der Waals surface area contributed by atoms with E-state index in [4.69, 9.17) is 12.2 Å². The molecule has 3 nitrogen and oxygen atoms in total. The van der Waals surface area contributed by atoms with E-state index in [1.54, 1.807) is 0 Å². The van der Waals surface area contributed by atoms with Gasteiger partial charge in [-0.05, 0) is 18.8 Å². The van der Waals surface area contributed by atoms with Gasteiger partial charge in [0, 0.05) is 25.4 Å². The standard InChI is InChI=1S/C12H20N2O/c1-2-3-8-12(15)14-11(9-13)10-6-4-5-7-10/h1,10-11H,3-9,13H2,(H,14,15). The molecule has 84 valence electrons. The maximum atomic E-state index is 11.5. The molecule has 0 radical (unpaired) electrons. The van der Waals surface area contributed by atoms with Crippen molar-refractivity contribution >= 4 is 5.91 Å². The van der Waals surface area contributed by atoms with E-state index >= 15 is 0 Å². The first-order valence-electron chi connectivity index (χ1n) is 5.70. The van der Waals surface area contributed by atoms with Crippen LogP contribution in [-0.2, 0) is 4.79 Å². The van der Waals surface area contributed by atoms with Crippen molar-refractivity contribution in [1.82, 2.24) is 5.32 Å². The first-order valence-corrected chi connectivity index (χ1v) is 5.70. The normalized spacial score (nSPS) is 18.4. The molecule has 3 N–H and O–H groups in total. The zero-order chi connectivity index (χ0) is 11.1. The minimum Gasteiger partial charge on any atom is -0.352 e. The molecule has 0 saturated heterocycles. The second-order valence-corrected chi connectivity index (χ2v) is 4.16. The van der Waals surface area contributed by atoms with Crippen molar-refractivity contribution in [1.29, 1.82) is 0 Å². The van der Waals surface area contributed by atoms with E-state index in [1.165, 1.54) is 25.7 Å². The van der Waals surface area contributed by atoms with Gasteiger partial charge in [-0.2, -0.15) is 0 Å². The van der Waals surface area contributed by atoms with Gasteiger partial charge in [0.15, 0.2) is 0 Å². The van der Waals surface area contributed by atoms with Gasteiger partial charge >= 0.3 is 0 Å². The number of carbonyl (C=O) groups is 1. The summed E-state index contributed by atoms with van der Waals surface area (Å²) in [6.07, 6.45) is 10.9. The fourth-order valence-electron chi connectivity index (χ4n) is 2.19. The second kappa shape index (κ2) is 6.47. The highest BCUT2D eigenvalue weighted by atomic mass is 16.1. The van der Waals surface area contributed by atoms with E-state index in [2.05, 4.69) is 11.2 Å². The van der Waals surface area contributed by atoms with Gasteiger partial charge in [0.2, 0.25) is 5.91 Å². The zero-order valence-corrected chi connectivity index (χ0v) is 9.17. The SMILES string of the molecule is C#CCCC(=O)NC(CN)C1CCCC1. The number of nitrogens with one attached hydrogen (secondary N) is 1. The van der Waals surface area contributed by atoms with E-state index in [9.17, 15) is 4.79 Å². The topological polar surface area (TPSA) is 55.1 Å². The Morgan fingerprint density at radius 3 is 2.73 bits per heavy atom. The van der Waals surface area contributed by atoms with Crippen molar-refractivity contribution in [2.24, 2.45) is 11.7 Å². The van der Waals surface area contributed by atoms with Gasteiger partial charge in [0.1, 0.15) is 0 Å². The van der Waals surface area contributed by atoms with Crippen LogP contribution in [0, 0.1) is 18.3 Å². The van der Waals surface area contributed by atoms with Gasteiger partial charge in [0.05, 0.1) is 0 Å². The molecule has 15 heavy (non-hydrogen) atoms. The lowest BCUT2D eigenvalue weighted by Crippen LogP contribution is -2.44. The molecule has 0 spiro atoms. The van der Waals surface area contributed by atoms with Crippen LogP contribution in [0.5, 0.6) is 0 Å². The number of amides is 1. The minimum atomic E-state index is 0.0373.